The highest BCUT2D eigenvalue weighted by Crippen LogP contribution is 2.76. The minimum atomic E-state index is -0.960. The Morgan fingerprint density at radius 2 is 1.94 bits per heavy atom. The summed E-state index contributed by atoms with van der Waals surface area (Å²) >= 11 is 0. The predicted octanol–water partition coefficient (Wildman–Crippen LogP) is 4.19. The van der Waals surface area contributed by atoms with Gasteiger partial charge in [0, 0.05) is 36.6 Å². The highest BCUT2D eigenvalue weighted by atomic mass is 16.6. The lowest BCUT2D eigenvalue weighted by Gasteiger charge is -2.73. The van der Waals surface area contributed by atoms with E-state index >= 15 is 0 Å². The van der Waals surface area contributed by atoms with Gasteiger partial charge >= 0.3 is 0 Å². The zero-order chi connectivity index (χ0) is 23.9. The third-order valence-corrected chi connectivity index (χ3v) is 11.3. The molecule has 8 rings (SSSR count). The van der Waals surface area contributed by atoms with E-state index in [9.17, 15) is 10.2 Å². The molecule has 1 aromatic carbocycles. The monoisotopic (exact) mass is 465 g/mol. The molecule has 184 valence electrons. The first kappa shape index (κ1) is 21.7. The van der Waals surface area contributed by atoms with Crippen LogP contribution in [0.4, 0.5) is 0 Å². The van der Waals surface area contributed by atoms with Crippen LogP contribution in [0.15, 0.2) is 24.3 Å². The normalized spacial score (nSPS) is 43.4. The number of rotatable bonds is 4. The molecule has 2 saturated carbocycles. The maximum atomic E-state index is 12.2. The summed E-state index contributed by atoms with van der Waals surface area (Å²) in [6.45, 7) is 10.6. The Morgan fingerprint density at radius 3 is 2.62 bits per heavy atom. The molecule has 2 spiro atoms. The SMILES string of the molecule is CO[C@@]12C=C[C@@]3(CC1[C@@](C)(O)C(C)(C)C)[C@H]1Cc4ccc(O)c5c4[C@@]3(CCN1CC1CC1)[C@H]2O5. The van der Waals surface area contributed by atoms with Crippen molar-refractivity contribution in [3.8, 4) is 11.5 Å². The standard InChI is InChI=1S/C29H39NO4/c1-25(2,3)26(4,32)20-15-27-10-11-29(20,33-5)24-28(27)12-13-30(16-17-6-7-17)21(27)14-18-8-9-19(31)23(34-24)22(18)28/h8-11,17,20-21,24,31-32H,6-7,12-16H2,1-5H3/t20?,21-,24-,26-,27-,28+,29+/m1/s1. The molecular formula is C29H39NO4. The van der Waals surface area contributed by atoms with E-state index in [4.69, 9.17) is 9.47 Å². The zero-order valence-corrected chi connectivity index (χ0v) is 21.2. The third kappa shape index (κ3) is 2.20. The van der Waals surface area contributed by atoms with Crippen molar-refractivity contribution >= 4 is 0 Å². The summed E-state index contributed by atoms with van der Waals surface area (Å²) in [4.78, 5) is 2.77. The highest BCUT2D eigenvalue weighted by molar-refractivity contribution is 5.65. The fraction of sp³-hybridized carbons (Fsp3) is 0.724. The molecule has 2 aliphatic heterocycles. The average Bonchev–Trinajstić information content (AvgIpc) is 3.53. The fourth-order valence-electron chi connectivity index (χ4n) is 8.94. The number of piperidine rings is 1. The summed E-state index contributed by atoms with van der Waals surface area (Å²) in [6.07, 6.45) is 10.0. The summed E-state index contributed by atoms with van der Waals surface area (Å²) in [7, 11) is 1.78. The minimum absolute atomic E-state index is 0.116. The second-order valence-electron chi connectivity index (χ2n) is 13.4. The number of fused-ring (bicyclic) bond motifs is 1. The highest BCUT2D eigenvalue weighted by Gasteiger charge is 2.81. The number of benzene rings is 1. The van der Waals surface area contributed by atoms with Crippen LogP contribution in [0.2, 0.25) is 0 Å². The summed E-state index contributed by atoms with van der Waals surface area (Å²) in [5.74, 6) is 1.62. The lowest BCUT2D eigenvalue weighted by Crippen LogP contribution is -2.81. The molecule has 3 fully saturated rings. The van der Waals surface area contributed by atoms with Gasteiger partial charge in [-0.3, -0.25) is 4.90 Å². The second-order valence-corrected chi connectivity index (χ2v) is 13.4. The molecule has 5 heteroatoms. The van der Waals surface area contributed by atoms with Gasteiger partial charge in [0.2, 0.25) is 0 Å². The quantitative estimate of drug-likeness (QED) is 0.653. The number of aliphatic hydroxyl groups is 1. The van der Waals surface area contributed by atoms with E-state index < -0.39 is 11.2 Å². The smallest absolute Gasteiger partial charge is 0.165 e. The van der Waals surface area contributed by atoms with Gasteiger partial charge in [-0.1, -0.05) is 39.0 Å². The van der Waals surface area contributed by atoms with Gasteiger partial charge in [0.25, 0.3) is 0 Å². The molecule has 0 amide bonds. The van der Waals surface area contributed by atoms with Gasteiger partial charge in [-0.2, -0.15) is 0 Å². The Hall–Kier alpha value is -1.56. The predicted molar refractivity (Wildman–Crippen MR) is 130 cm³/mol. The van der Waals surface area contributed by atoms with Crippen molar-refractivity contribution in [2.24, 2.45) is 22.7 Å². The molecule has 4 bridgehead atoms. The van der Waals surface area contributed by atoms with Crippen molar-refractivity contribution in [3.63, 3.8) is 0 Å². The van der Waals surface area contributed by atoms with Crippen LogP contribution in [0, 0.1) is 22.7 Å². The van der Waals surface area contributed by atoms with Gasteiger partial charge in [-0.25, -0.2) is 0 Å². The maximum absolute atomic E-state index is 12.2. The molecule has 5 aliphatic carbocycles. The van der Waals surface area contributed by atoms with Crippen molar-refractivity contribution in [2.75, 3.05) is 20.2 Å². The van der Waals surface area contributed by atoms with Crippen LogP contribution >= 0.6 is 0 Å². The van der Waals surface area contributed by atoms with Crippen LogP contribution in [0.3, 0.4) is 0 Å². The molecule has 34 heavy (non-hydrogen) atoms. The lowest BCUT2D eigenvalue weighted by atomic mass is 9.35. The number of ether oxygens (including phenoxy) is 2. The lowest BCUT2D eigenvalue weighted by molar-refractivity contribution is -0.263. The first-order valence-electron chi connectivity index (χ1n) is 13.3. The van der Waals surface area contributed by atoms with Crippen LogP contribution in [0.5, 0.6) is 11.5 Å². The molecule has 7 aliphatic rings. The Bertz CT molecular complexity index is 1100. The van der Waals surface area contributed by atoms with E-state index in [1.165, 1.54) is 30.5 Å². The third-order valence-electron chi connectivity index (χ3n) is 11.3. The molecule has 1 saturated heterocycles. The van der Waals surface area contributed by atoms with Crippen LogP contribution < -0.4 is 4.74 Å². The van der Waals surface area contributed by atoms with Crippen molar-refractivity contribution in [3.05, 3.63) is 35.4 Å². The van der Waals surface area contributed by atoms with E-state index in [1.807, 2.05) is 13.0 Å². The van der Waals surface area contributed by atoms with Crippen LogP contribution in [0.1, 0.15) is 64.5 Å². The van der Waals surface area contributed by atoms with E-state index in [-0.39, 0.29) is 34.0 Å². The van der Waals surface area contributed by atoms with Gasteiger partial charge in [-0.15, -0.1) is 0 Å². The van der Waals surface area contributed by atoms with Gasteiger partial charge in [0.15, 0.2) is 11.5 Å². The molecule has 2 N–H and O–H groups in total. The first-order chi connectivity index (χ1) is 16.0. The number of hydrogen-bond donors (Lipinski definition) is 2. The number of methoxy groups -OCH3 is 1. The maximum Gasteiger partial charge on any atom is 0.165 e. The summed E-state index contributed by atoms with van der Waals surface area (Å²) < 4.78 is 13.3. The van der Waals surface area contributed by atoms with Crippen molar-refractivity contribution < 1.29 is 19.7 Å². The molecule has 1 unspecified atom stereocenters. The van der Waals surface area contributed by atoms with Gasteiger partial charge in [0.05, 0.1) is 11.0 Å². The fourth-order valence-corrected chi connectivity index (χ4v) is 8.94. The van der Waals surface area contributed by atoms with E-state index in [2.05, 4.69) is 43.9 Å². The summed E-state index contributed by atoms with van der Waals surface area (Å²) in [6, 6.07) is 4.33. The Balaban J connectivity index is 1.49. The molecular weight excluding hydrogens is 426 g/mol. The molecule has 7 atom stereocenters. The topological polar surface area (TPSA) is 62.2 Å². The van der Waals surface area contributed by atoms with Gasteiger partial charge < -0.3 is 19.7 Å². The second kappa shape index (κ2) is 6.22. The summed E-state index contributed by atoms with van der Waals surface area (Å²) in [5.41, 5.74) is 0.165. The number of nitrogens with zero attached hydrogens (tertiary/aromatic N) is 1. The van der Waals surface area contributed by atoms with E-state index in [0.717, 1.165) is 31.7 Å². The summed E-state index contributed by atoms with van der Waals surface area (Å²) in [5, 5.41) is 23.1. The van der Waals surface area contributed by atoms with Gasteiger partial charge in [0.1, 0.15) is 11.7 Å². The molecule has 5 nitrogen and oxygen atoms in total. The zero-order valence-electron chi connectivity index (χ0n) is 21.2. The van der Waals surface area contributed by atoms with E-state index in [1.54, 1.807) is 7.11 Å². The number of phenolic OH excluding ortho intramolecular Hbond substituents is 1. The minimum Gasteiger partial charge on any atom is -0.504 e. The molecule has 1 aromatic rings. The van der Waals surface area contributed by atoms with Gasteiger partial charge in [-0.05, 0) is 68.5 Å². The van der Waals surface area contributed by atoms with Crippen molar-refractivity contribution in [2.45, 2.75) is 88.6 Å². The Morgan fingerprint density at radius 1 is 1.18 bits per heavy atom. The van der Waals surface area contributed by atoms with E-state index in [0.29, 0.717) is 11.8 Å². The molecule has 0 aromatic heterocycles. The first-order valence-corrected chi connectivity index (χ1v) is 13.3. The number of phenols is 1. The Kier molecular flexibility index (Phi) is 3.97. The average molecular weight is 466 g/mol. The van der Waals surface area contributed by atoms with Crippen molar-refractivity contribution in [1.29, 1.82) is 0 Å². The van der Waals surface area contributed by atoms with Crippen LogP contribution in [-0.4, -0.2) is 58.7 Å². The molecule has 0 radical (unpaired) electrons. The van der Waals surface area contributed by atoms with Crippen LogP contribution in [-0.2, 0) is 16.6 Å². The number of likely N-dealkylation sites (tertiary alicyclic amines) is 1. The number of aromatic hydroxyl groups is 1. The number of hydrogen-bond acceptors (Lipinski definition) is 5. The molecule has 2 heterocycles. The van der Waals surface area contributed by atoms with Crippen LogP contribution in [0.25, 0.3) is 0 Å². The Labute approximate surface area is 203 Å². The largest absolute Gasteiger partial charge is 0.504 e. The van der Waals surface area contributed by atoms with Crippen molar-refractivity contribution in [1.82, 2.24) is 4.90 Å².